The lowest BCUT2D eigenvalue weighted by molar-refractivity contribution is -0.141. The van der Waals surface area contributed by atoms with E-state index in [9.17, 15) is 19.5 Å². The van der Waals surface area contributed by atoms with E-state index in [0.29, 0.717) is 13.0 Å². The molecule has 6 nitrogen and oxygen atoms in total. The van der Waals surface area contributed by atoms with Gasteiger partial charge in [0.05, 0.1) is 11.8 Å². The number of aryl methyl sites for hydroxylation is 1. The van der Waals surface area contributed by atoms with E-state index in [1.54, 1.807) is 7.05 Å². The number of carbonyl (C=O) groups is 3. The number of likely N-dealkylation sites (tertiary alicyclic amines) is 1. The van der Waals surface area contributed by atoms with Gasteiger partial charge in [0.25, 0.3) is 0 Å². The first-order chi connectivity index (χ1) is 10.9. The van der Waals surface area contributed by atoms with Crippen molar-refractivity contribution in [3.63, 3.8) is 0 Å². The molecule has 1 aliphatic heterocycles. The summed E-state index contributed by atoms with van der Waals surface area (Å²) in [7, 11) is 1.66. The average molecular weight is 318 g/mol. The van der Waals surface area contributed by atoms with E-state index in [2.05, 4.69) is 5.32 Å². The van der Waals surface area contributed by atoms with Crippen LogP contribution in [0, 0.1) is 18.8 Å². The number of aliphatic carboxylic acids is 1. The molecule has 0 aromatic heterocycles. The zero-order valence-electron chi connectivity index (χ0n) is 13.4. The lowest BCUT2D eigenvalue weighted by Crippen LogP contribution is -2.38. The van der Waals surface area contributed by atoms with E-state index in [-0.39, 0.29) is 30.7 Å². The number of rotatable bonds is 6. The van der Waals surface area contributed by atoms with Gasteiger partial charge in [0.15, 0.2) is 0 Å². The van der Waals surface area contributed by atoms with Crippen LogP contribution >= 0.6 is 0 Å². The first kappa shape index (κ1) is 17.0. The van der Waals surface area contributed by atoms with Crippen molar-refractivity contribution in [1.29, 1.82) is 0 Å². The third kappa shape index (κ3) is 4.55. The van der Waals surface area contributed by atoms with Gasteiger partial charge in [-0.3, -0.25) is 14.4 Å². The third-order valence-electron chi connectivity index (χ3n) is 4.15. The molecule has 2 unspecified atom stereocenters. The maximum atomic E-state index is 12.1. The summed E-state index contributed by atoms with van der Waals surface area (Å²) < 4.78 is 0. The SMILES string of the molecule is Cc1cccc(CC(CNC(=O)C2CC(=O)N(C)C2)C(=O)O)c1. The van der Waals surface area contributed by atoms with Gasteiger partial charge in [-0.2, -0.15) is 0 Å². The highest BCUT2D eigenvalue weighted by molar-refractivity contribution is 5.89. The van der Waals surface area contributed by atoms with Crippen LogP contribution in [-0.2, 0) is 20.8 Å². The summed E-state index contributed by atoms with van der Waals surface area (Å²) in [6, 6.07) is 7.68. The van der Waals surface area contributed by atoms with Crippen LogP contribution in [0.2, 0.25) is 0 Å². The fourth-order valence-corrected chi connectivity index (χ4v) is 2.78. The Bertz CT molecular complexity index is 614. The zero-order chi connectivity index (χ0) is 17.0. The van der Waals surface area contributed by atoms with Crippen molar-refractivity contribution in [1.82, 2.24) is 10.2 Å². The van der Waals surface area contributed by atoms with Gasteiger partial charge < -0.3 is 15.3 Å². The van der Waals surface area contributed by atoms with Crippen LogP contribution in [0.15, 0.2) is 24.3 Å². The van der Waals surface area contributed by atoms with Gasteiger partial charge in [-0.1, -0.05) is 29.8 Å². The number of carbonyl (C=O) groups excluding carboxylic acids is 2. The highest BCUT2D eigenvalue weighted by Gasteiger charge is 2.32. The number of carboxylic acid groups (broad SMARTS) is 1. The summed E-state index contributed by atoms with van der Waals surface area (Å²) in [5.74, 6) is -2.32. The van der Waals surface area contributed by atoms with E-state index >= 15 is 0 Å². The molecule has 2 N–H and O–H groups in total. The van der Waals surface area contributed by atoms with Crippen molar-refractivity contribution in [3.05, 3.63) is 35.4 Å². The Morgan fingerprint density at radius 3 is 2.74 bits per heavy atom. The van der Waals surface area contributed by atoms with Crippen molar-refractivity contribution < 1.29 is 19.5 Å². The second kappa shape index (κ2) is 7.26. The first-order valence-corrected chi connectivity index (χ1v) is 7.67. The molecule has 1 saturated heterocycles. The van der Waals surface area contributed by atoms with E-state index in [1.165, 1.54) is 4.90 Å². The molecule has 1 aromatic carbocycles. The topological polar surface area (TPSA) is 86.7 Å². The molecular weight excluding hydrogens is 296 g/mol. The first-order valence-electron chi connectivity index (χ1n) is 7.67. The minimum atomic E-state index is -0.938. The Labute approximate surface area is 135 Å². The largest absolute Gasteiger partial charge is 0.481 e. The Morgan fingerprint density at radius 1 is 1.43 bits per heavy atom. The lowest BCUT2D eigenvalue weighted by Gasteiger charge is -2.16. The molecule has 0 aliphatic carbocycles. The standard InChI is InChI=1S/C17H22N2O4/c1-11-4-3-5-12(6-11)7-13(17(22)23)9-18-16(21)14-8-15(20)19(2)10-14/h3-6,13-14H,7-10H2,1-2H3,(H,18,21)(H,22,23). The number of hydrogen-bond acceptors (Lipinski definition) is 3. The number of benzene rings is 1. The number of nitrogens with one attached hydrogen (secondary N) is 1. The molecule has 0 saturated carbocycles. The fraction of sp³-hybridized carbons (Fsp3) is 0.471. The molecule has 2 atom stereocenters. The monoisotopic (exact) mass is 318 g/mol. The molecule has 1 aromatic rings. The van der Waals surface area contributed by atoms with Gasteiger partial charge in [0, 0.05) is 26.6 Å². The number of nitrogens with zero attached hydrogens (tertiary/aromatic N) is 1. The van der Waals surface area contributed by atoms with E-state index in [0.717, 1.165) is 11.1 Å². The molecule has 6 heteroatoms. The van der Waals surface area contributed by atoms with Gasteiger partial charge in [-0.05, 0) is 18.9 Å². The van der Waals surface area contributed by atoms with Crippen molar-refractivity contribution in [2.75, 3.05) is 20.1 Å². The number of hydrogen-bond donors (Lipinski definition) is 2. The summed E-state index contributed by atoms with van der Waals surface area (Å²) in [5, 5.41) is 12.0. The summed E-state index contributed by atoms with van der Waals surface area (Å²) >= 11 is 0. The Balaban J connectivity index is 1.91. The number of carboxylic acids is 1. The lowest BCUT2D eigenvalue weighted by atomic mass is 9.98. The quantitative estimate of drug-likeness (QED) is 0.813. The average Bonchev–Trinajstić information content (AvgIpc) is 2.82. The molecule has 1 aliphatic rings. The van der Waals surface area contributed by atoms with E-state index in [1.807, 2.05) is 31.2 Å². The van der Waals surface area contributed by atoms with Crippen LogP contribution < -0.4 is 5.32 Å². The van der Waals surface area contributed by atoms with E-state index in [4.69, 9.17) is 0 Å². The smallest absolute Gasteiger partial charge is 0.308 e. The van der Waals surface area contributed by atoms with Gasteiger partial charge in [-0.15, -0.1) is 0 Å². The van der Waals surface area contributed by atoms with Gasteiger partial charge >= 0.3 is 5.97 Å². The predicted molar refractivity (Wildman–Crippen MR) is 84.8 cm³/mol. The Hall–Kier alpha value is -2.37. The molecule has 2 rings (SSSR count). The molecule has 0 bridgehead atoms. The highest BCUT2D eigenvalue weighted by Crippen LogP contribution is 2.16. The maximum absolute atomic E-state index is 12.1. The van der Waals surface area contributed by atoms with Crippen LogP contribution in [0.3, 0.4) is 0 Å². The summed E-state index contributed by atoms with van der Waals surface area (Å²) in [5.41, 5.74) is 2.01. The zero-order valence-corrected chi connectivity index (χ0v) is 13.4. The Morgan fingerprint density at radius 2 is 2.17 bits per heavy atom. The van der Waals surface area contributed by atoms with Gasteiger partial charge in [0.2, 0.25) is 11.8 Å². The molecule has 124 valence electrons. The maximum Gasteiger partial charge on any atom is 0.308 e. The van der Waals surface area contributed by atoms with Crippen molar-refractivity contribution >= 4 is 17.8 Å². The third-order valence-corrected chi connectivity index (χ3v) is 4.15. The predicted octanol–water partition coefficient (Wildman–Crippen LogP) is 0.833. The second-order valence-electron chi connectivity index (χ2n) is 6.15. The van der Waals surface area contributed by atoms with Crippen LogP contribution in [0.25, 0.3) is 0 Å². The van der Waals surface area contributed by atoms with Crippen LogP contribution in [0.5, 0.6) is 0 Å². The van der Waals surface area contributed by atoms with Gasteiger partial charge in [-0.25, -0.2) is 0 Å². The molecule has 0 spiro atoms. The minimum Gasteiger partial charge on any atom is -0.481 e. The van der Waals surface area contributed by atoms with E-state index < -0.39 is 11.9 Å². The molecule has 1 heterocycles. The second-order valence-corrected chi connectivity index (χ2v) is 6.15. The van der Waals surface area contributed by atoms with Crippen molar-refractivity contribution in [2.45, 2.75) is 19.8 Å². The van der Waals surface area contributed by atoms with Crippen LogP contribution in [-0.4, -0.2) is 47.9 Å². The minimum absolute atomic E-state index is 0.0558. The fourth-order valence-electron chi connectivity index (χ4n) is 2.78. The molecule has 1 fully saturated rings. The molecular formula is C17H22N2O4. The number of amides is 2. The van der Waals surface area contributed by atoms with Crippen molar-refractivity contribution in [2.24, 2.45) is 11.8 Å². The molecule has 23 heavy (non-hydrogen) atoms. The van der Waals surface area contributed by atoms with Crippen molar-refractivity contribution in [3.8, 4) is 0 Å². The summed E-state index contributed by atoms with van der Waals surface area (Å²) in [6.45, 7) is 2.41. The van der Waals surface area contributed by atoms with Crippen LogP contribution in [0.1, 0.15) is 17.5 Å². The summed E-state index contributed by atoms with van der Waals surface area (Å²) in [4.78, 5) is 36.5. The molecule has 2 amide bonds. The Kier molecular flexibility index (Phi) is 5.36. The molecule has 0 radical (unpaired) electrons. The highest BCUT2D eigenvalue weighted by atomic mass is 16.4. The normalized spacial score (nSPS) is 18.8. The van der Waals surface area contributed by atoms with Crippen LogP contribution in [0.4, 0.5) is 0 Å². The summed E-state index contributed by atoms with van der Waals surface area (Å²) in [6.07, 6.45) is 0.554. The van der Waals surface area contributed by atoms with Gasteiger partial charge in [0.1, 0.15) is 0 Å².